The minimum Gasteiger partial charge on any atom is -0.447 e. The lowest BCUT2D eigenvalue weighted by molar-refractivity contribution is 0.0791. The number of nitrogens with zero attached hydrogens (tertiary/aromatic N) is 2. The molecule has 0 fully saturated rings. The summed E-state index contributed by atoms with van der Waals surface area (Å²) < 4.78 is 5.07. The normalized spacial score (nSPS) is 17.0. The third-order valence-corrected chi connectivity index (χ3v) is 2.00. The number of rotatable bonds is 2. The lowest BCUT2D eigenvalue weighted by Gasteiger charge is -2.26. The third-order valence-electron chi connectivity index (χ3n) is 2.00. The summed E-state index contributed by atoms with van der Waals surface area (Å²) in [6.45, 7) is 4.71. The predicted molar refractivity (Wildman–Crippen MR) is 56.2 cm³/mol. The van der Waals surface area contributed by atoms with Gasteiger partial charge in [0.15, 0.2) is 0 Å². The van der Waals surface area contributed by atoms with Crippen molar-refractivity contribution in [2.75, 3.05) is 13.1 Å². The van der Waals surface area contributed by atoms with Gasteiger partial charge in [-0.05, 0) is 25.8 Å². The summed E-state index contributed by atoms with van der Waals surface area (Å²) in [5.74, 6) is 0. The highest BCUT2D eigenvalue weighted by Crippen LogP contribution is 2.10. The summed E-state index contributed by atoms with van der Waals surface area (Å²) in [6, 6.07) is 0. The Bertz CT molecular complexity index is 284. The Kier molecular flexibility index (Phi) is 4.15. The van der Waals surface area contributed by atoms with E-state index in [4.69, 9.17) is 9.94 Å². The van der Waals surface area contributed by atoms with Crippen molar-refractivity contribution < 1.29 is 14.7 Å². The highest BCUT2D eigenvalue weighted by molar-refractivity contribution is 5.80. The molecule has 1 aliphatic heterocycles. The van der Waals surface area contributed by atoms with Gasteiger partial charge >= 0.3 is 6.09 Å². The number of carbonyl (C=O) groups excluding carboxylic acids is 1. The van der Waals surface area contributed by atoms with Crippen molar-refractivity contribution in [3.63, 3.8) is 0 Å². The van der Waals surface area contributed by atoms with Crippen LogP contribution in [-0.4, -0.2) is 41.6 Å². The summed E-state index contributed by atoms with van der Waals surface area (Å²) in [4.78, 5) is 13.1. The van der Waals surface area contributed by atoms with Crippen LogP contribution < -0.4 is 0 Å². The van der Waals surface area contributed by atoms with E-state index >= 15 is 0 Å². The fourth-order valence-electron chi connectivity index (χ4n) is 1.37. The van der Waals surface area contributed by atoms with Gasteiger partial charge < -0.3 is 14.8 Å². The maximum atomic E-state index is 11.5. The van der Waals surface area contributed by atoms with Crippen LogP contribution in [0.25, 0.3) is 0 Å². The average molecular weight is 212 g/mol. The third kappa shape index (κ3) is 3.61. The Morgan fingerprint density at radius 1 is 1.73 bits per heavy atom. The topological polar surface area (TPSA) is 62.1 Å². The number of oxime groups is 1. The van der Waals surface area contributed by atoms with Crippen molar-refractivity contribution in [2.24, 2.45) is 5.16 Å². The van der Waals surface area contributed by atoms with Crippen LogP contribution in [0.5, 0.6) is 0 Å². The quantitative estimate of drug-likeness (QED) is 0.430. The van der Waals surface area contributed by atoms with Gasteiger partial charge in [0.25, 0.3) is 0 Å². The Balaban J connectivity index is 2.52. The van der Waals surface area contributed by atoms with Gasteiger partial charge in [-0.2, -0.15) is 0 Å². The van der Waals surface area contributed by atoms with Gasteiger partial charge in [0, 0.05) is 6.54 Å². The average Bonchev–Trinajstić information content (AvgIpc) is 2.17. The Morgan fingerprint density at radius 2 is 2.47 bits per heavy atom. The van der Waals surface area contributed by atoms with E-state index in [1.807, 2.05) is 19.9 Å². The van der Waals surface area contributed by atoms with Crippen LogP contribution in [0.15, 0.2) is 16.8 Å². The van der Waals surface area contributed by atoms with Crippen molar-refractivity contribution in [1.82, 2.24) is 4.90 Å². The van der Waals surface area contributed by atoms with E-state index in [0.29, 0.717) is 13.1 Å². The Labute approximate surface area is 89.0 Å². The van der Waals surface area contributed by atoms with E-state index in [-0.39, 0.29) is 12.2 Å². The monoisotopic (exact) mass is 212 g/mol. The zero-order chi connectivity index (χ0) is 11.3. The fraction of sp³-hybridized carbons (Fsp3) is 0.600. The van der Waals surface area contributed by atoms with Crippen LogP contribution >= 0.6 is 0 Å². The maximum Gasteiger partial charge on any atom is 0.410 e. The van der Waals surface area contributed by atoms with Gasteiger partial charge in [-0.25, -0.2) is 4.79 Å². The van der Waals surface area contributed by atoms with E-state index in [2.05, 4.69) is 5.16 Å². The number of hydrogen-bond donors (Lipinski definition) is 1. The smallest absolute Gasteiger partial charge is 0.410 e. The highest BCUT2D eigenvalue weighted by atomic mass is 16.6. The van der Waals surface area contributed by atoms with Crippen molar-refractivity contribution in [3.8, 4) is 0 Å². The highest BCUT2D eigenvalue weighted by Gasteiger charge is 2.19. The SMILES string of the molecule is CC(C)OC(=O)N1CCC=C(C=NO)C1. The lowest BCUT2D eigenvalue weighted by Crippen LogP contribution is -2.37. The lowest BCUT2D eigenvalue weighted by atomic mass is 10.1. The van der Waals surface area contributed by atoms with E-state index in [1.165, 1.54) is 6.21 Å². The van der Waals surface area contributed by atoms with Gasteiger partial charge in [-0.1, -0.05) is 11.2 Å². The zero-order valence-corrected chi connectivity index (χ0v) is 9.01. The summed E-state index contributed by atoms with van der Waals surface area (Å²) in [5.41, 5.74) is 0.824. The van der Waals surface area contributed by atoms with Crippen LogP contribution in [0.3, 0.4) is 0 Å². The van der Waals surface area contributed by atoms with Crippen LogP contribution in [0.2, 0.25) is 0 Å². The second-order valence-electron chi connectivity index (χ2n) is 3.67. The predicted octanol–water partition coefficient (Wildman–Crippen LogP) is 1.62. The number of ether oxygens (including phenoxy) is 1. The van der Waals surface area contributed by atoms with Crippen molar-refractivity contribution in [2.45, 2.75) is 26.4 Å². The Morgan fingerprint density at radius 3 is 3.07 bits per heavy atom. The molecule has 84 valence electrons. The second-order valence-corrected chi connectivity index (χ2v) is 3.67. The molecule has 0 aromatic carbocycles. The molecule has 1 heterocycles. The minimum absolute atomic E-state index is 0.113. The van der Waals surface area contributed by atoms with Gasteiger partial charge in [0.1, 0.15) is 0 Å². The molecule has 1 rings (SSSR count). The first-order valence-electron chi connectivity index (χ1n) is 4.95. The summed E-state index contributed by atoms with van der Waals surface area (Å²) in [6.07, 6.45) is 3.61. The molecule has 0 saturated carbocycles. The van der Waals surface area contributed by atoms with E-state index in [0.717, 1.165) is 12.0 Å². The molecule has 0 unspecified atom stereocenters. The first kappa shape index (κ1) is 11.6. The van der Waals surface area contributed by atoms with Crippen LogP contribution in [0.4, 0.5) is 4.79 Å². The number of hydrogen-bond acceptors (Lipinski definition) is 4. The van der Waals surface area contributed by atoms with Crippen LogP contribution in [-0.2, 0) is 4.74 Å². The maximum absolute atomic E-state index is 11.5. The number of carbonyl (C=O) groups is 1. The van der Waals surface area contributed by atoms with Gasteiger partial charge in [-0.3, -0.25) is 0 Å². The largest absolute Gasteiger partial charge is 0.447 e. The van der Waals surface area contributed by atoms with Gasteiger partial charge in [0.2, 0.25) is 0 Å². The first-order valence-corrected chi connectivity index (χ1v) is 4.95. The molecular weight excluding hydrogens is 196 g/mol. The summed E-state index contributed by atoms with van der Waals surface area (Å²) in [7, 11) is 0. The zero-order valence-electron chi connectivity index (χ0n) is 9.01. The van der Waals surface area contributed by atoms with Crippen LogP contribution in [0, 0.1) is 0 Å². The fourth-order valence-corrected chi connectivity index (χ4v) is 1.37. The minimum atomic E-state index is -0.318. The Hall–Kier alpha value is -1.52. The molecule has 0 aromatic heterocycles. The molecule has 0 bridgehead atoms. The van der Waals surface area contributed by atoms with Gasteiger partial charge in [-0.15, -0.1) is 0 Å². The molecule has 5 heteroatoms. The molecule has 0 aromatic rings. The molecular formula is C10H16N2O3. The molecule has 0 saturated heterocycles. The van der Waals surface area contributed by atoms with E-state index in [9.17, 15) is 4.79 Å². The standard InChI is InChI=1S/C10H16N2O3/c1-8(2)15-10(13)12-5-3-4-9(7-12)6-11-14/h4,6,8,14H,3,5,7H2,1-2H3. The molecule has 0 spiro atoms. The van der Waals surface area contributed by atoms with Gasteiger partial charge in [0.05, 0.1) is 18.9 Å². The van der Waals surface area contributed by atoms with Crippen LogP contribution in [0.1, 0.15) is 20.3 Å². The number of amides is 1. The van der Waals surface area contributed by atoms with Crippen molar-refractivity contribution in [3.05, 3.63) is 11.6 Å². The molecule has 1 amide bonds. The first-order chi connectivity index (χ1) is 7.13. The second kappa shape index (κ2) is 5.38. The molecule has 15 heavy (non-hydrogen) atoms. The van der Waals surface area contributed by atoms with Crippen molar-refractivity contribution in [1.29, 1.82) is 0 Å². The van der Waals surface area contributed by atoms with E-state index < -0.39 is 0 Å². The summed E-state index contributed by atoms with van der Waals surface area (Å²) >= 11 is 0. The van der Waals surface area contributed by atoms with E-state index in [1.54, 1.807) is 4.90 Å². The molecule has 0 atom stereocenters. The summed E-state index contributed by atoms with van der Waals surface area (Å²) in [5, 5.41) is 11.3. The molecule has 5 nitrogen and oxygen atoms in total. The molecule has 0 radical (unpaired) electrons. The van der Waals surface area contributed by atoms with Crippen molar-refractivity contribution >= 4 is 12.3 Å². The molecule has 1 aliphatic rings. The molecule has 1 N–H and O–H groups in total. The molecule has 0 aliphatic carbocycles.